The van der Waals surface area contributed by atoms with Crippen molar-refractivity contribution in [2.75, 3.05) is 12.3 Å². The molecule has 0 aliphatic carbocycles. The molecule has 1 aliphatic heterocycles. The maximum Gasteiger partial charge on any atom is 0.274 e. The topological polar surface area (TPSA) is 131 Å². The molecule has 0 spiro atoms. The first-order chi connectivity index (χ1) is 8.45. The molecule has 8 heteroatoms. The van der Waals surface area contributed by atoms with Crippen molar-refractivity contribution >= 4 is 5.95 Å². The Kier molecular flexibility index (Phi) is 3.35. The first kappa shape index (κ1) is 13.0. The zero-order valence-corrected chi connectivity index (χ0v) is 9.72. The third-order valence-electron chi connectivity index (χ3n) is 2.96. The maximum atomic E-state index is 11.1. The molecule has 18 heavy (non-hydrogen) atoms. The lowest BCUT2D eigenvalue weighted by Gasteiger charge is -2.22. The third kappa shape index (κ3) is 1.99. The molecular formula is C10H15N3O5. The van der Waals surface area contributed by atoms with Gasteiger partial charge in [-0.15, -0.1) is 0 Å². The number of hydrogen-bond donors (Lipinski definition) is 4. The lowest BCUT2D eigenvalue weighted by atomic mass is 10.1. The first-order valence-electron chi connectivity index (χ1n) is 5.44. The number of aliphatic hydroxyl groups is 3. The monoisotopic (exact) mass is 257 g/mol. The lowest BCUT2D eigenvalue weighted by Crippen LogP contribution is -2.34. The van der Waals surface area contributed by atoms with Gasteiger partial charge in [-0.25, -0.2) is 0 Å². The van der Waals surface area contributed by atoms with Crippen molar-refractivity contribution in [3.63, 3.8) is 0 Å². The van der Waals surface area contributed by atoms with Crippen LogP contribution in [0.25, 0.3) is 0 Å². The molecule has 0 radical (unpaired) electrons. The molecule has 8 nitrogen and oxygen atoms in total. The molecule has 0 bridgehead atoms. The average Bonchev–Trinajstić information content (AvgIpc) is 2.56. The van der Waals surface area contributed by atoms with Crippen LogP contribution < -0.4 is 11.3 Å². The van der Waals surface area contributed by atoms with E-state index in [0.717, 1.165) is 0 Å². The highest BCUT2D eigenvalue weighted by Gasteiger charge is 2.44. The number of nitrogens with two attached hydrogens (primary N) is 1. The van der Waals surface area contributed by atoms with Crippen molar-refractivity contribution in [3.05, 3.63) is 22.1 Å². The first-order valence-corrected chi connectivity index (χ1v) is 5.44. The SMILES string of the molecule is Cc1cc(=O)nc(N)n1[C@@H]1O[C@H](CO)[C@@H](O)[C@H]1O. The summed E-state index contributed by atoms with van der Waals surface area (Å²) in [5, 5.41) is 28.5. The summed E-state index contributed by atoms with van der Waals surface area (Å²) in [4.78, 5) is 14.7. The smallest absolute Gasteiger partial charge is 0.274 e. The second kappa shape index (κ2) is 4.65. The second-order valence-corrected chi connectivity index (χ2v) is 4.19. The number of aromatic nitrogens is 2. The van der Waals surface area contributed by atoms with E-state index in [4.69, 9.17) is 15.6 Å². The van der Waals surface area contributed by atoms with Gasteiger partial charge in [0.15, 0.2) is 6.23 Å². The van der Waals surface area contributed by atoms with E-state index in [1.165, 1.54) is 10.6 Å². The summed E-state index contributed by atoms with van der Waals surface area (Å²) in [6.07, 6.45) is -4.36. The number of ether oxygens (including phenoxy) is 1. The molecule has 1 saturated heterocycles. The van der Waals surface area contributed by atoms with Gasteiger partial charge >= 0.3 is 0 Å². The molecule has 0 saturated carbocycles. The van der Waals surface area contributed by atoms with Crippen LogP contribution in [0.3, 0.4) is 0 Å². The summed E-state index contributed by atoms with van der Waals surface area (Å²) in [6, 6.07) is 1.24. The zero-order valence-electron chi connectivity index (χ0n) is 9.72. The minimum atomic E-state index is -1.26. The molecular weight excluding hydrogens is 242 g/mol. The van der Waals surface area contributed by atoms with Crippen LogP contribution >= 0.6 is 0 Å². The van der Waals surface area contributed by atoms with Crippen molar-refractivity contribution < 1.29 is 20.1 Å². The summed E-state index contributed by atoms with van der Waals surface area (Å²) >= 11 is 0. The Bertz CT molecular complexity index is 477. The molecule has 0 aromatic carbocycles. The predicted octanol–water partition coefficient (Wildman–Crippen LogP) is -2.25. The van der Waals surface area contributed by atoms with E-state index in [9.17, 15) is 15.0 Å². The minimum Gasteiger partial charge on any atom is -0.394 e. The zero-order chi connectivity index (χ0) is 13.4. The average molecular weight is 257 g/mol. The van der Waals surface area contributed by atoms with Gasteiger partial charge in [0, 0.05) is 11.8 Å². The fourth-order valence-electron chi connectivity index (χ4n) is 2.05. The van der Waals surface area contributed by atoms with Crippen molar-refractivity contribution in [1.29, 1.82) is 0 Å². The van der Waals surface area contributed by atoms with Crippen LogP contribution in [0, 0.1) is 6.92 Å². The molecule has 5 N–H and O–H groups in total. The molecule has 0 amide bonds. The van der Waals surface area contributed by atoms with Gasteiger partial charge < -0.3 is 25.8 Å². The number of aliphatic hydroxyl groups excluding tert-OH is 3. The Hall–Kier alpha value is -1.48. The Morgan fingerprint density at radius 2 is 2.17 bits per heavy atom. The highest BCUT2D eigenvalue weighted by atomic mass is 16.6. The Morgan fingerprint density at radius 3 is 2.67 bits per heavy atom. The number of nitrogen functional groups attached to an aromatic ring is 1. The van der Waals surface area contributed by atoms with Crippen LogP contribution in [0.2, 0.25) is 0 Å². The second-order valence-electron chi connectivity index (χ2n) is 4.19. The van der Waals surface area contributed by atoms with Gasteiger partial charge in [0.05, 0.1) is 6.61 Å². The van der Waals surface area contributed by atoms with Gasteiger partial charge in [-0.2, -0.15) is 4.98 Å². The normalized spacial score (nSPS) is 31.8. The summed E-state index contributed by atoms with van der Waals surface area (Å²) in [5.41, 5.74) is 5.57. The van der Waals surface area contributed by atoms with Crippen LogP contribution in [0.15, 0.2) is 10.9 Å². The molecule has 1 aromatic heterocycles. The summed E-state index contributed by atoms with van der Waals surface area (Å²) in [5.74, 6) is -0.116. The maximum absolute atomic E-state index is 11.1. The van der Waals surface area contributed by atoms with Gasteiger partial charge in [0.25, 0.3) is 5.56 Å². The molecule has 2 rings (SSSR count). The Morgan fingerprint density at radius 1 is 1.50 bits per heavy atom. The number of anilines is 1. The van der Waals surface area contributed by atoms with E-state index in [1.54, 1.807) is 6.92 Å². The van der Waals surface area contributed by atoms with E-state index in [0.29, 0.717) is 5.69 Å². The Balaban J connectivity index is 2.41. The van der Waals surface area contributed by atoms with Crippen LogP contribution in [-0.2, 0) is 4.74 Å². The van der Waals surface area contributed by atoms with E-state index in [-0.39, 0.29) is 5.95 Å². The van der Waals surface area contributed by atoms with E-state index < -0.39 is 36.7 Å². The molecule has 4 atom stereocenters. The quantitative estimate of drug-likeness (QED) is 0.470. The molecule has 1 aliphatic rings. The summed E-state index contributed by atoms with van der Waals surface area (Å²) < 4.78 is 6.62. The van der Waals surface area contributed by atoms with E-state index in [1.807, 2.05) is 0 Å². The lowest BCUT2D eigenvalue weighted by molar-refractivity contribution is -0.0531. The summed E-state index contributed by atoms with van der Waals surface area (Å²) in [6.45, 7) is 1.18. The number of rotatable bonds is 2. The highest BCUT2D eigenvalue weighted by Crippen LogP contribution is 2.31. The van der Waals surface area contributed by atoms with Crippen molar-refractivity contribution in [3.8, 4) is 0 Å². The summed E-state index contributed by atoms with van der Waals surface area (Å²) in [7, 11) is 0. The third-order valence-corrected chi connectivity index (χ3v) is 2.96. The van der Waals surface area contributed by atoms with Gasteiger partial charge in [0.2, 0.25) is 5.95 Å². The van der Waals surface area contributed by atoms with Crippen LogP contribution in [0.4, 0.5) is 5.95 Å². The van der Waals surface area contributed by atoms with E-state index >= 15 is 0 Å². The van der Waals surface area contributed by atoms with Gasteiger partial charge in [0.1, 0.15) is 18.3 Å². The fraction of sp³-hybridized carbons (Fsp3) is 0.600. The van der Waals surface area contributed by atoms with Crippen molar-refractivity contribution in [2.24, 2.45) is 0 Å². The molecule has 0 unspecified atom stereocenters. The van der Waals surface area contributed by atoms with Crippen LogP contribution in [-0.4, -0.2) is 49.8 Å². The fourth-order valence-corrected chi connectivity index (χ4v) is 2.05. The van der Waals surface area contributed by atoms with Crippen molar-refractivity contribution in [1.82, 2.24) is 9.55 Å². The van der Waals surface area contributed by atoms with Gasteiger partial charge in [-0.05, 0) is 6.92 Å². The number of aryl methyl sites for hydroxylation is 1. The largest absolute Gasteiger partial charge is 0.394 e. The van der Waals surface area contributed by atoms with E-state index in [2.05, 4.69) is 4.98 Å². The number of nitrogens with zero attached hydrogens (tertiary/aromatic N) is 2. The highest BCUT2D eigenvalue weighted by molar-refractivity contribution is 5.22. The molecule has 100 valence electrons. The van der Waals surface area contributed by atoms with Gasteiger partial charge in [-0.1, -0.05) is 0 Å². The number of hydrogen-bond acceptors (Lipinski definition) is 7. The molecule has 2 heterocycles. The minimum absolute atomic E-state index is 0.116. The predicted molar refractivity (Wildman–Crippen MR) is 60.7 cm³/mol. The van der Waals surface area contributed by atoms with Crippen LogP contribution in [0.1, 0.15) is 11.9 Å². The van der Waals surface area contributed by atoms with Gasteiger partial charge in [-0.3, -0.25) is 9.36 Å². The Labute approximate surface area is 102 Å². The van der Waals surface area contributed by atoms with Crippen molar-refractivity contribution in [2.45, 2.75) is 31.5 Å². The van der Waals surface area contributed by atoms with Crippen LogP contribution in [0.5, 0.6) is 0 Å². The standard InChI is InChI=1S/C10H15N3O5/c1-4-2-6(15)12-10(11)13(4)9-8(17)7(16)5(3-14)18-9/h2,5,7-9,14,16-17H,3H2,1H3,(H2,11,12,15)/t5-,7-,8-,9-/m1/s1. The molecule has 1 fully saturated rings. The molecule has 1 aromatic rings.